The van der Waals surface area contributed by atoms with Gasteiger partial charge in [0.2, 0.25) is 5.91 Å². The molecule has 1 rings (SSSR count). The summed E-state index contributed by atoms with van der Waals surface area (Å²) >= 11 is 0. The van der Waals surface area contributed by atoms with E-state index in [0.717, 1.165) is 0 Å². The van der Waals surface area contributed by atoms with Gasteiger partial charge >= 0.3 is 30.0 Å². The van der Waals surface area contributed by atoms with Crippen molar-refractivity contribution >= 4 is 59.3 Å². The summed E-state index contributed by atoms with van der Waals surface area (Å²) < 4.78 is 0. The number of imide groups is 1. The van der Waals surface area contributed by atoms with Crippen LogP contribution in [0.5, 0.6) is 0 Å². The number of hydroxylamine groups is 2. The second-order valence-electron chi connectivity index (χ2n) is 14.0. The first-order valence-corrected chi connectivity index (χ1v) is 19.0. The Labute approximate surface area is 339 Å². The van der Waals surface area contributed by atoms with E-state index in [1.165, 1.54) is 0 Å². The lowest BCUT2D eigenvalue weighted by molar-refractivity contribution is -0.197. The van der Waals surface area contributed by atoms with Gasteiger partial charge in [-0.1, -0.05) is 39.8 Å². The number of carbonyl (C=O) groups excluding carboxylic acids is 8. The van der Waals surface area contributed by atoms with Crippen molar-refractivity contribution in [2.75, 3.05) is 13.1 Å². The lowest BCUT2D eigenvalue weighted by Crippen LogP contribution is -2.45. The van der Waals surface area contributed by atoms with Crippen molar-refractivity contribution in [3.05, 3.63) is 25.3 Å². The number of carbonyl (C=O) groups is 10. The van der Waals surface area contributed by atoms with Crippen molar-refractivity contribution in [3.63, 3.8) is 0 Å². The minimum Gasteiger partial charge on any atom is -0.481 e. The molecule has 1 saturated heterocycles. The highest BCUT2D eigenvalue weighted by atomic mass is 16.7. The Morgan fingerprint density at radius 1 is 0.741 bits per heavy atom. The number of nitrogens with zero attached hydrogens (tertiary/aromatic N) is 1. The van der Waals surface area contributed by atoms with Crippen LogP contribution < -0.4 is 33.2 Å². The van der Waals surface area contributed by atoms with Crippen LogP contribution in [-0.2, 0) is 43.2 Å². The van der Waals surface area contributed by atoms with Crippen molar-refractivity contribution in [1.82, 2.24) is 21.0 Å². The summed E-state index contributed by atoms with van der Waals surface area (Å²) in [6, 6.07) is -2.68. The summed E-state index contributed by atoms with van der Waals surface area (Å²) in [5.74, 6) is -6.22. The van der Waals surface area contributed by atoms with Gasteiger partial charge in [0.15, 0.2) is 11.6 Å². The summed E-state index contributed by atoms with van der Waals surface area (Å²) in [6.45, 7) is 14.7. The van der Waals surface area contributed by atoms with Gasteiger partial charge in [-0.3, -0.25) is 33.6 Å². The number of amides is 7. The minimum absolute atomic E-state index is 0.0153. The van der Waals surface area contributed by atoms with Crippen LogP contribution in [0.25, 0.3) is 0 Å². The van der Waals surface area contributed by atoms with Gasteiger partial charge in [-0.25, -0.2) is 14.4 Å². The van der Waals surface area contributed by atoms with Gasteiger partial charge in [0.25, 0.3) is 11.8 Å². The third kappa shape index (κ3) is 25.5. The van der Waals surface area contributed by atoms with Gasteiger partial charge in [-0.05, 0) is 50.4 Å². The predicted molar refractivity (Wildman–Crippen MR) is 211 cm³/mol. The predicted octanol–water partition coefficient (Wildman–Crippen LogP) is 1.84. The zero-order valence-electron chi connectivity index (χ0n) is 34.0. The number of rotatable bonds is 26. The molecule has 4 atom stereocenters. The maximum absolute atomic E-state index is 12.5. The fraction of sp³-hybridized carbons (Fsp3) is 0.632. The summed E-state index contributed by atoms with van der Waals surface area (Å²) in [6.07, 6.45) is 5.88. The first-order valence-electron chi connectivity index (χ1n) is 19.0. The van der Waals surface area contributed by atoms with Gasteiger partial charge in [0.05, 0.1) is 30.3 Å². The molecule has 0 bridgehead atoms. The van der Waals surface area contributed by atoms with Crippen molar-refractivity contribution in [3.8, 4) is 0 Å². The van der Waals surface area contributed by atoms with Crippen molar-refractivity contribution in [2.45, 2.75) is 117 Å². The van der Waals surface area contributed by atoms with E-state index in [2.05, 4.69) is 33.9 Å². The zero-order chi connectivity index (χ0) is 45.0. The van der Waals surface area contributed by atoms with E-state index in [9.17, 15) is 53.1 Å². The number of nitrogens with one attached hydrogen (secondary N) is 3. The molecule has 0 aliphatic carbocycles. The van der Waals surface area contributed by atoms with Gasteiger partial charge in [0, 0.05) is 45.2 Å². The fourth-order valence-corrected chi connectivity index (χ4v) is 4.99. The number of ketones is 2. The molecule has 1 aliphatic heterocycles. The van der Waals surface area contributed by atoms with Crippen molar-refractivity contribution in [2.24, 2.45) is 40.9 Å². The molecule has 0 saturated carbocycles. The average Bonchev–Trinajstić information content (AvgIpc) is 3.45. The van der Waals surface area contributed by atoms with Crippen LogP contribution in [0.15, 0.2) is 25.3 Å². The molecule has 0 radical (unpaired) electrons. The van der Waals surface area contributed by atoms with E-state index < -0.39 is 65.7 Å². The minimum atomic E-state index is -1.08. The summed E-state index contributed by atoms with van der Waals surface area (Å²) in [4.78, 5) is 117. The van der Waals surface area contributed by atoms with Crippen LogP contribution in [0.2, 0.25) is 0 Å². The van der Waals surface area contributed by atoms with Gasteiger partial charge in [0.1, 0.15) is 0 Å². The standard InChI is InChI=1S/C17H29N3O5.C12H23N3O4.C9H11NO4/c1-4-5-8-14(22)20-15(11(2)3)13(21)10-12(16(23)24)7-6-9-19-17(18)25;1-7(2)10(13)9(16)6-8(11(17)18)4-3-5-15-12(14)19;1-2-3-4-9(13)14-10-7(11)5-6-8(10)12/h4,11-12,15H,1,5-10H2,2-3H3,(H,20,22)(H,23,24)(H3,18,19,25);7-8,10H,3-6,13H2,1-2H3,(H,17,18)(H3,14,15,19);2H,1,3-6H2/t12-,15+;8-,10+;/m11./s1. The quantitative estimate of drug-likeness (QED) is 0.0351. The lowest BCUT2D eigenvalue weighted by Gasteiger charge is -2.23. The molecule has 0 spiro atoms. The number of hydrogen-bond acceptors (Lipinski definition) is 12. The van der Waals surface area contributed by atoms with Crippen LogP contribution >= 0.6 is 0 Å². The number of Topliss-reactive ketones (excluding diaryl/α,β-unsaturated/α-hetero) is 2. The molecule has 0 aromatic rings. The van der Waals surface area contributed by atoms with Crippen LogP contribution in [0.4, 0.5) is 9.59 Å². The molecule has 20 nitrogen and oxygen atoms in total. The number of nitrogens with two attached hydrogens (primary N) is 3. The van der Waals surface area contributed by atoms with E-state index in [4.69, 9.17) is 22.3 Å². The van der Waals surface area contributed by atoms with Crippen LogP contribution in [0, 0.1) is 23.7 Å². The molecule has 20 heteroatoms. The van der Waals surface area contributed by atoms with Crippen LogP contribution in [-0.4, -0.2) is 99.7 Å². The highest BCUT2D eigenvalue weighted by molar-refractivity contribution is 6.01. The van der Waals surface area contributed by atoms with E-state index in [1.807, 2.05) is 13.8 Å². The number of allylic oxidation sites excluding steroid dienone is 2. The Morgan fingerprint density at radius 2 is 1.17 bits per heavy atom. The van der Waals surface area contributed by atoms with Crippen molar-refractivity contribution < 1.29 is 63.0 Å². The van der Waals surface area contributed by atoms with Crippen LogP contribution in [0.3, 0.4) is 0 Å². The van der Waals surface area contributed by atoms with E-state index in [-0.39, 0.29) is 80.8 Å². The fourth-order valence-electron chi connectivity index (χ4n) is 4.99. The number of aliphatic carboxylic acids is 2. The van der Waals surface area contributed by atoms with E-state index in [1.54, 1.807) is 26.0 Å². The molecular weight excluding hydrogens is 762 g/mol. The van der Waals surface area contributed by atoms with E-state index >= 15 is 0 Å². The maximum Gasteiger partial charge on any atom is 0.333 e. The third-order valence-electron chi connectivity index (χ3n) is 8.40. The smallest absolute Gasteiger partial charge is 0.333 e. The number of primary amides is 2. The van der Waals surface area contributed by atoms with E-state index in [0.29, 0.717) is 43.7 Å². The first kappa shape index (κ1) is 54.4. The normalized spacial score (nSPS) is 13.9. The molecular formula is C38H63N7O13. The molecule has 11 N–H and O–H groups in total. The number of carboxylic acid groups (broad SMARTS) is 2. The SMILES string of the molecule is C=CCCC(=O)N[C@H](C(=O)C[C@@H](CCCNC(N)=O)C(=O)O)C(C)C.C=CCCC(=O)ON1C(=O)CCC1=O.CC(C)[C@H](N)C(=O)C[C@@H](CCCNC(N)=O)C(=O)O. The van der Waals surface area contributed by atoms with Crippen LogP contribution in [0.1, 0.15) is 105 Å². The first-order chi connectivity index (χ1) is 27.1. The second-order valence-corrected chi connectivity index (χ2v) is 14.0. The molecule has 1 heterocycles. The Kier molecular flexibility index (Phi) is 28.6. The average molecular weight is 826 g/mol. The molecule has 1 aliphatic rings. The third-order valence-corrected chi connectivity index (χ3v) is 8.40. The second kappa shape index (κ2) is 30.5. The highest BCUT2D eigenvalue weighted by Gasteiger charge is 2.33. The maximum atomic E-state index is 12.5. The Hall–Kier alpha value is -5.66. The molecule has 0 aromatic carbocycles. The molecule has 328 valence electrons. The zero-order valence-corrected chi connectivity index (χ0v) is 34.0. The Balaban J connectivity index is 0. The highest BCUT2D eigenvalue weighted by Crippen LogP contribution is 2.17. The summed E-state index contributed by atoms with van der Waals surface area (Å²) in [5, 5.41) is 26.3. The monoisotopic (exact) mass is 825 g/mol. The number of hydrogen-bond donors (Lipinski definition) is 8. The largest absolute Gasteiger partial charge is 0.481 e. The van der Waals surface area contributed by atoms with Gasteiger partial charge in [-0.2, -0.15) is 0 Å². The molecule has 0 unspecified atom stereocenters. The lowest BCUT2D eigenvalue weighted by atomic mass is 9.90. The van der Waals surface area contributed by atoms with Gasteiger partial charge in [-0.15, -0.1) is 18.2 Å². The molecule has 0 aromatic heterocycles. The van der Waals surface area contributed by atoms with Gasteiger partial charge < -0.3 is 48.2 Å². The number of urea groups is 2. The summed E-state index contributed by atoms with van der Waals surface area (Å²) in [7, 11) is 0. The molecule has 1 fully saturated rings. The number of carboxylic acids is 2. The Bertz CT molecular complexity index is 1420. The molecule has 58 heavy (non-hydrogen) atoms. The topological polar surface area (TPSA) is 338 Å². The Morgan fingerprint density at radius 3 is 1.55 bits per heavy atom. The summed E-state index contributed by atoms with van der Waals surface area (Å²) in [5.41, 5.74) is 15.5. The molecule has 7 amide bonds. The van der Waals surface area contributed by atoms with Crippen molar-refractivity contribution in [1.29, 1.82) is 0 Å².